The van der Waals surface area contributed by atoms with Crippen molar-refractivity contribution in [2.24, 2.45) is 0 Å². The standard InChI is InChI=1S/C13H13N3O2S/c17-12(18)8-7-14-6-5-9(8)15-13-16-10-3-1-2-4-11(10)19-13/h5-7H,1-4H2,(H,17,18)(H,14,15,16). The summed E-state index contributed by atoms with van der Waals surface area (Å²) >= 11 is 1.62. The van der Waals surface area contributed by atoms with E-state index >= 15 is 0 Å². The van der Waals surface area contributed by atoms with Crippen LogP contribution in [0.2, 0.25) is 0 Å². The van der Waals surface area contributed by atoms with Crippen LogP contribution >= 0.6 is 11.3 Å². The summed E-state index contributed by atoms with van der Waals surface area (Å²) < 4.78 is 0. The maximum Gasteiger partial charge on any atom is 0.339 e. The Morgan fingerprint density at radius 3 is 3.00 bits per heavy atom. The summed E-state index contributed by atoms with van der Waals surface area (Å²) in [5.74, 6) is -0.989. The molecule has 0 bridgehead atoms. The van der Waals surface area contributed by atoms with Crippen molar-refractivity contribution in [2.75, 3.05) is 5.32 Å². The monoisotopic (exact) mass is 275 g/mol. The van der Waals surface area contributed by atoms with E-state index in [1.807, 2.05) is 0 Å². The molecular formula is C13H13N3O2S. The number of aromatic nitrogens is 2. The smallest absolute Gasteiger partial charge is 0.339 e. The summed E-state index contributed by atoms with van der Waals surface area (Å²) in [5, 5.41) is 13.0. The van der Waals surface area contributed by atoms with Crippen molar-refractivity contribution >= 4 is 28.1 Å². The number of pyridine rings is 1. The first-order chi connectivity index (χ1) is 9.24. The minimum absolute atomic E-state index is 0.163. The van der Waals surface area contributed by atoms with Crippen LogP contribution < -0.4 is 5.32 Å². The van der Waals surface area contributed by atoms with Gasteiger partial charge in [0, 0.05) is 17.3 Å². The van der Waals surface area contributed by atoms with Crippen LogP contribution in [0.4, 0.5) is 10.8 Å². The maximum atomic E-state index is 11.1. The topological polar surface area (TPSA) is 75.1 Å². The van der Waals surface area contributed by atoms with Crippen LogP contribution in [0.1, 0.15) is 33.8 Å². The zero-order chi connectivity index (χ0) is 13.2. The van der Waals surface area contributed by atoms with Gasteiger partial charge in [0.05, 0.1) is 11.4 Å². The fourth-order valence-electron chi connectivity index (χ4n) is 2.19. The van der Waals surface area contributed by atoms with Crippen molar-refractivity contribution in [3.8, 4) is 0 Å². The first-order valence-electron chi connectivity index (χ1n) is 6.17. The molecule has 0 fully saturated rings. The molecule has 1 aliphatic rings. The minimum atomic E-state index is -0.989. The molecule has 0 amide bonds. The van der Waals surface area contributed by atoms with Crippen molar-refractivity contribution in [3.05, 3.63) is 34.6 Å². The quantitative estimate of drug-likeness (QED) is 0.901. The number of nitrogens with zero attached hydrogens (tertiary/aromatic N) is 2. The van der Waals surface area contributed by atoms with Gasteiger partial charge in [-0.3, -0.25) is 4.98 Å². The van der Waals surface area contributed by atoms with E-state index in [0.29, 0.717) is 5.69 Å². The lowest BCUT2D eigenvalue weighted by Crippen LogP contribution is -2.03. The van der Waals surface area contributed by atoms with Crippen LogP contribution in [0, 0.1) is 0 Å². The van der Waals surface area contributed by atoms with Gasteiger partial charge in [-0.25, -0.2) is 9.78 Å². The Kier molecular flexibility index (Phi) is 3.16. The number of carboxylic acid groups (broad SMARTS) is 1. The highest BCUT2D eigenvalue weighted by atomic mass is 32.1. The SMILES string of the molecule is O=C(O)c1cnccc1Nc1nc2c(s1)CCCC2. The molecule has 98 valence electrons. The Morgan fingerprint density at radius 2 is 2.21 bits per heavy atom. The molecular weight excluding hydrogens is 262 g/mol. The van der Waals surface area contributed by atoms with Gasteiger partial charge >= 0.3 is 5.97 Å². The Labute approximate surface area is 114 Å². The Balaban J connectivity index is 1.89. The third-order valence-corrected chi connectivity index (χ3v) is 4.21. The number of carbonyl (C=O) groups is 1. The van der Waals surface area contributed by atoms with Gasteiger partial charge in [-0.15, -0.1) is 11.3 Å². The largest absolute Gasteiger partial charge is 0.478 e. The average molecular weight is 275 g/mol. The summed E-state index contributed by atoms with van der Waals surface area (Å²) in [7, 11) is 0. The fraction of sp³-hybridized carbons (Fsp3) is 0.308. The highest BCUT2D eigenvalue weighted by molar-refractivity contribution is 7.15. The molecule has 2 N–H and O–H groups in total. The van der Waals surface area contributed by atoms with Crippen molar-refractivity contribution in [2.45, 2.75) is 25.7 Å². The second-order valence-corrected chi connectivity index (χ2v) is 5.53. The van der Waals surface area contributed by atoms with Crippen LogP contribution in [0.15, 0.2) is 18.5 Å². The number of aromatic carboxylic acids is 1. The lowest BCUT2D eigenvalue weighted by molar-refractivity contribution is 0.0697. The number of carboxylic acids is 1. The van der Waals surface area contributed by atoms with Gasteiger partial charge in [0.1, 0.15) is 5.56 Å². The molecule has 0 spiro atoms. The molecule has 1 aliphatic carbocycles. The van der Waals surface area contributed by atoms with Crippen LogP contribution in [0.3, 0.4) is 0 Å². The third kappa shape index (κ3) is 2.44. The summed E-state index contributed by atoms with van der Waals surface area (Å²) in [6, 6.07) is 1.66. The molecule has 6 heteroatoms. The van der Waals surface area contributed by atoms with Crippen LogP contribution in [0.25, 0.3) is 0 Å². The molecule has 0 unspecified atom stereocenters. The van der Waals surface area contributed by atoms with E-state index in [2.05, 4.69) is 15.3 Å². The Hall–Kier alpha value is -1.95. The van der Waals surface area contributed by atoms with Crippen LogP contribution in [0.5, 0.6) is 0 Å². The summed E-state index contributed by atoms with van der Waals surface area (Å²) in [6.45, 7) is 0. The summed E-state index contributed by atoms with van der Waals surface area (Å²) in [5.41, 5.74) is 1.86. The number of nitrogens with one attached hydrogen (secondary N) is 1. The van der Waals surface area contributed by atoms with Crippen molar-refractivity contribution < 1.29 is 9.90 Å². The highest BCUT2D eigenvalue weighted by Crippen LogP contribution is 2.31. The second-order valence-electron chi connectivity index (χ2n) is 4.45. The Morgan fingerprint density at radius 1 is 1.37 bits per heavy atom. The minimum Gasteiger partial charge on any atom is -0.478 e. The first-order valence-corrected chi connectivity index (χ1v) is 6.98. The number of hydrogen-bond donors (Lipinski definition) is 2. The predicted octanol–water partition coefficient (Wildman–Crippen LogP) is 2.86. The van der Waals surface area contributed by atoms with Gasteiger partial charge in [0.2, 0.25) is 0 Å². The summed E-state index contributed by atoms with van der Waals surface area (Å²) in [4.78, 5) is 20.8. The molecule has 19 heavy (non-hydrogen) atoms. The van der Waals surface area contributed by atoms with E-state index in [-0.39, 0.29) is 5.56 Å². The Bertz CT molecular complexity index is 601. The molecule has 0 aromatic carbocycles. The highest BCUT2D eigenvalue weighted by Gasteiger charge is 2.16. The van der Waals surface area contributed by atoms with E-state index < -0.39 is 5.97 Å². The number of fused-ring (bicyclic) bond motifs is 1. The molecule has 0 aliphatic heterocycles. The van der Waals surface area contributed by atoms with E-state index in [1.165, 1.54) is 23.9 Å². The van der Waals surface area contributed by atoms with Gasteiger partial charge in [-0.1, -0.05) is 0 Å². The predicted molar refractivity (Wildman–Crippen MR) is 73.2 cm³/mol. The molecule has 0 saturated carbocycles. The second kappa shape index (κ2) is 4.97. The fourth-order valence-corrected chi connectivity index (χ4v) is 3.26. The van der Waals surface area contributed by atoms with Crippen molar-refractivity contribution in [3.63, 3.8) is 0 Å². The number of aryl methyl sites for hydroxylation is 2. The normalized spacial score (nSPS) is 13.9. The van der Waals surface area contributed by atoms with E-state index in [0.717, 1.165) is 23.7 Å². The maximum absolute atomic E-state index is 11.1. The van der Waals surface area contributed by atoms with Crippen molar-refractivity contribution in [1.29, 1.82) is 0 Å². The van der Waals surface area contributed by atoms with Gasteiger partial charge in [0.25, 0.3) is 0 Å². The third-order valence-electron chi connectivity index (χ3n) is 3.14. The molecule has 0 atom stereocenters. The molecule has 2 aromatic rings. The lowest BCUT2D eigenvalue weighted by atomic mass is 10.0. The number of hydrogen-bond acceptors (Lipinski definition) is 5. The van der Waals surface area contributed by atoms with Gasteiger partial charge < -0.3 is 10.4 Å². The molecule has 5 nitrogen and oxygen atoms in total. The van der Waals surface area contributed by atoms with Gasteiger partial charge in [-0.05, 0) is 31.7 Å². The molecule has 0 saturated heterocycles. The summed E-state index contributed by atoms with van der Waals surface area (Å²) in [6.07, 6.45) is 7.42. The number of anilines is 2. The van der Waals surface area contributed by atoms with Crippen LogP contribution in [-0.4, -0.2) is 21.0 Å². The molecule has 0 radical (unpaired) electrons. The van der Waals surface area contributed by atoms with E-state index in [9.17, 15) is 4.79 Å². The zero-order valence-corrected chi connectivity index (χ0v) is 11.0. The van der Waals surface area contributed by atoms with Gasteiger partial charge in [0.15, 0.2) is 5.13 Å². The molecule has 2 aromatic heterocycles. The average Bonchev–Trinajstić information content (AvgIpc) is 2.81. The lowest BCUT2D eigenvalue weighted by Gasteiger charge is -2.06. The van der Waals surface area contributed by atoms with E-state index in [1.54, 1.807) is 23.6 Å². The molecule has 3 rings (SSSR count). The number of rotatable bonds is 3. The van der Waals surface area contributed by atoms with E-state index in [4.69, 9.17) is 5.11 Å². The van der Waals surface area contributed by atoms with Crippen molar-refractivity contribution in [1.82, 2.24) is 9.97 Å². The van der Waals surface area contributed by atoms with Crippen LogP contribution in [-0.2, 0) is 12.8 Å². The first kappa shape index (κ1) is 12.1. The molecule has 2 heterocycles. The number of thiazole rings is 1. The zero-order valence-electron chi connectivity index (χ0n) is 10.2. The van der Waals surface area contributed by atoms with Gasteiger partial charge in [-0.2, -0.15) is 0 Å².